The summed E-state index contributed by atoms with van der Waals surface area (Å²) in [5.74, 6) is 0.687. The molecule has 122 valence electrons. The number of hydrogen-bond acceptors (Lipinski definition) is 3. The second-order valence-corrected chi connectivity index (χ2v) is 8.42. The van der Waals surface area contributed by atoms with Crippen LogP contribution < -0.4 is 15.4 Å². The zero-order valence-electron chi connectivity index (χ0n) is 14.8. The van der Waals surface area contributed by atoms with E-state index in [1.165, 1.54) is 5.56 Å². The Kier molecular flexibility index (Phi) is 3.81. The van der Waals surface area contributed by atoms with Crippen molar-refractivity contribution in [1.29, 1.82) is 0 Å². The van der Waals surface area contributed by atoms with Crippen molar-refractivity contribution in [2.24, 2.45) is 5.73 Å². The Labute approximate surface area is 133 Å². The molecule has 1 aromatic rings. The smallest absolute Gasteiger partial charge is 0.270 e. The minimum Gasteiger partial charge on any atom is -0.476 e. The molecular formula is C18H28N2O2. The summed E-state index contributed by atoms with van der Waals surface area (Å²) >= 11 is 0. The molecule has 0 saturated heterocycles. The second-order valence-electron chi connectivity index (χ2n) is 8.42. The lowest BCUT2D eigenvalue weighted by molar-refractivity contribution is -0.132. The van der Waals surface area contributed by atoms with Gasteiger partial charge in [0.2, 0.25) is 0 Å². The molecule has 1 amide bonds. The topological polar surface area (TPSA) is 55.6 Å². The molecule has 4 heteroatoms. The van der Waals surface area contributed by atoms with E-state index in [2.05, 4.69) is 26.8 Å². The molecule has 0 aliphatic carbocycles. The van der Waals surface area contributed by atoms with E-state index in [9.17, 15) is 4.79 Å². The molecule has 0 spiro atoms. The van der Waals surface area contributed by atoms with Crippen LogP contribution in [0, 0.1) is 0 Å². The Hall–Kier alpha value is -1.55. The zero-order chi connectivity index (χ0) is 16.9. The number of nitrogens with zero attached hydrogens (tertiary/aromatic N) is 1. The van der Waals surface area contributed by atoms with E-state index in [4.69, 9.17) is 10.5 Å². The normalized spacial score (nSPS) is 18.0. The van der Waals surface area contributed by atoms with Crippen LogP contribution in [-0.4, -0.2) is 23.6 Å². The van der Waals surface area contributed by atoms with E-state index in [0.717, 1.165) is 11.4 Å². The highest BCUT2D eigenvalue weighted by molar-refractivity contribution is 6.02. The Morgan fingerprint density at radius 1 is 1.18 bits per heavy atom. The molecular weight excluding hydrogens is 276 g/mol. The van der Waals surface area contributed by atoms with E-state index in [-0.39, 0.29) is 11.3 Å². The van der Waals surface area contributed by atoms with Crippen molar-refractivity contribution in [2.45, 2.75) is 65.0 Å². The molecule has 1 aliphatic rings. The van der Waals surface area contributed by atoms with Gasteiger partial charge in [0, 0.05) is 12.1 Å². The molecule has 0 bridgehead atoms. The summed E-state index contributed by atoms with van der Waals surface area (Å²) < 4.78 is 5.91. The molecule has 0 atom stereocenters. The first-order valence-electron chi connectivity index (χ1n) is 7.76. The maximum Gasteiger partial charge on any atom is 0.270 e. The van der Waals surface area contributed by atoms with Crippen LogP contribution in [0.2, 0.25) is 0 Å². The van der Waals surface area contributed by atoms with Crippen LogP contribution >= 0.6 is 0 Å². The van der Waals surface area contributed by atoms with E-state index >= 15 is 0 Å². The van der Waals surface area contributed by atoms with Gasteiger partial charge in [-0.25, -0.2) is 0 Å². The average molecular weight is 304 g/mol. The number of nitrogens with two attached hydrogens (primary N) is 1. The van der Waals surface area contributed by atoms with Crippen LogP contribution in [0.4, 0.5) is 5.69 Å². The molecule has 22 heavy (non-hydrogen) atoms. The summed E-state index contributed by atoms with van der Waals surface area (Å²) in [4.78, 5) is 14.6. The van der Waals surface area contributed by atoms with Crippen LogP contribution in [0.1, 0.15) is 54.0 Å². The first-order chi connectivity index (χ1) is 9.81. The molecule has 1 aromatic carbocycles. The van der Waals surface area contributed by atoms with Gasteiger partial charge in [0.25, 0.3) is 5.91 Å². The van der Waals surface area contributed by atoms with Crippen molar-refractivity contribution in [2.75, 3.05) is 11.4 Å². The number of amides is 1. The summed E-state index contributed by atoms with van der Waals surface area (Å²) in [5.41, 5.74) is 6.81. The molecule has 0 aromatic heterocycles. The Morgan fingerprint density at radius 2 is 1.77 bits per heavy atom. The third-order valence-electron chi connectivity index (χ3n) is 3.81. The average Bonchev–Trinajstić information content (AvgIpc) is 2.31. The highest BCUT2D eigenvalue weighted by Crippen LogP contribution is 2.40. The quantitative estimate of drug-likeness (QED) is 0.912. The number of benzene rings is 1. The van der Waals surface area contributed by atoms with Crippen molar-refractivity contribution in [3.63, 3.8) is 0 Å². The Balaban J connectivity index is 2.56. The highest BCUT2D eigenvalue weighted by Gasteiger charge is 2.42. The SMILES string of the molecule is CC(C)(N)CN1C(=O)C(C)(C)Oc2ccc(C(C)(C)C)cc21. The number of anilines is 1. The number of ether oxygens (including phenoxy) is 1. The largest absolute Gasteiger partial charge is 0.476 e. The van der Waals surface area contributed by atoms with Crippen LogP contribution in [0.15, 0.2) is 18.2 Å². The maximum absolute atomic E-state index is 12.8. The van der Waals surface area contributed by atoms with E-state index in [1.54, 1.807) is 18.7 Å². The summed E-state index contributed by atoms with van der Waals surface area (Å²) in [6.07, 6.45) is 0. The highest BCUT2D eigenvalue weighted by atomic mass is 16.5. The lowest BCUT2D eigenvalue weighted by Crippen LogP contribution is -2.57. The standard InChI is InChI=1S/C18H28N2O2/c1-16(2,3)12-8-9-14-13(10-12)20(11-17(4,5)19)15(21)18(6,7)22-14/h8-10H,11,19H2,1-7H3. The Morgan fingerprint density at radius 3 is 2.27 bits per heavy atom. The molecule has 1 aliphatic heterocycles. The van der Waals surface area contributed by atoms with Gasteiger partial charge in [-0.1, -0.05) is 26.8 Å². The van der Waals surface area contributed by atoms with Crippen molar-refractivity contribution in [3.8, 4) is 5.75 Å². The zero-order valence-corrected chi connectivity index (χ0v) is 14.8. The van der Waals surface area contributed by atoms with Gasteiger partial charge in [-0.3, -0.25) is 4.79 Å². The first kappa shape index (κ1) is 16.8. The fourth-order valence-corrected chi connectivity index (χ4v) is 2.60. The minimum absolute atomic E-state index is 0.00887. The van der Waals surface area contributed by atoms with Gasteiger partial charge in [-0.15, -0.1) is 0 Å². The summed E-state index contributed by atoms with van der Waals surface area (Å²) in [6, 6.07) is 6.07. The Bertz CT molecular complexity index is 592. The van der Waals surface area contributed by atoms with Crippen LogP contribution in [-0.2, 0) is 10.2 Å². The fourth-order valence-electron chi connectivity index (χ4n) is 2.60. The van der Waals surface area contributed by atoms with Crippen molar-refractivity contribution < 1.29 is 9.53 Å². The van der Waals surface area contributed by atoms with Crippen molar-refractivity contribution in [3.05, 3.63) is 23.8 Å². The van der Waals surface area contributed by atoms with E-state index < -0.39 is 11.1 Å². The summed E-state index contributed by atoms with van der Waals surface area (Å²) in [5, 5.41) is 0. The first-order valence-corrected chi connectivity index (χ1v) is 7.76. The molecule has 1 heterocycles. The molecule has 0 unspecified atom stereocenters. The number of carbonyl (C=O) groups is 1. The van der Waals surface area contributed by atoms with Crippen LogP contribution in [0.25, 0.3) is 0 Å². The van der Waals surface area contributed by atoms with Gasteiger partial charge in [0.1, 0.15) is 5.75 Å². The van der Waals surface area contributed by atoms with Crippen molar-refractivity contribution >= 4 is 11.6 Å². The number of hydrogen-bond donors (Lipinski definition) is 1. The number of fused-ring (bicyclic) bond motifs is 1. The number of carbonyl (C=O) groups excluding carboxylic acids is 1. The van der Waals surface area contributed by atoms with E-state index in [0.29, 0.717) is 6.54 Å². The van der Waals surface area contributed by atoms with Gasteiger partial charge >= 0.3 is 0 Å². The van der Waals surface area contributed by atoms with Gasteiger partial charge in [-0.05, 0) is 50.8 Å². The molecule has 0 fully saturated rings. The van der Waals surface area contributed by atoms with Crippen LogP contribution in [0.3, 0.4) is 0 Å². The molecule has 0 radical (unpaired) electrons. The maximum atomic E-state index is 12.8. The predicted octanol–water partition coefficient (Wildman–Crippen LogP) is 3.23. The second kappa shape index (κ2) is 4.98. The third kappa shape index (κ3) is 3.27. The van der Waals surface area contributed by atoms with Gasteiger partial charge in [0.15, 0.2) is 5.60 Å². The fraction of sp³-hybridized carbons (Fsp3) is 0.611. The van der Waals surface area contributed by atoms with Gasteiger partial charge in [0.05, 0.1) is 5.69 Å². The van der Waals surface area contributed by atoms with Crippen molar-refractivity contribution in [1.82, 2.24) is 0 Å². The summed E-state index contributed by atoms with van der Waals surface area (Å²) in [6.45, 7) is 14.4. The molecule has 2 N–H and O–H groups in total. The van der Waals surface area contributed by atoms with Gasteiger partial charge in [-0.2, -0.15) is 0 Å². The molecule has 4 nitrogen and oxygen atoms in total. The lowest BCUT2D eigenvalue weighted by atomic mass is 9.86. The van der Waals surface area contributed by atoms with Crippen LogP contribution in [0.5, 0.6) is 5.75 Å². The predicted molar refractivity (Wildman–Crippen MR) is 90.5 cm³/mol. The monoisotopic (exact) mass is 304 g/mol. The molecule has 2 rings (SSSR count). The van der Waals surface area contributed by atoms with E-state index in [1.807, 2.05) is 26.0 Å². The third-order valence-corrected chi connectivity index (χ3v) is 3.81. The van der Waals surface area contributed by atoms with Gasteiger partial charge < -0.3 is 15.4 Å². The summed E-state index contributed by atoms with van der Waals surface area (Å²) in [7, 11) is 0. The number of rotatable bonds is 2. The minimum atomic E-state index is -0.874. The lowest BCUT2D eigenvalue weighted by Gasteiger charge is -2.41. The molecule has 0 saturated carbocycles.